The molecule has 2 bridgehead atoms. The largest absolute Gasteiger partial charge is 0.497 e. The number of allylic oxidation sites excluding steroid dienone is 1. The Morgan fingerprint density at radius 2 is 1.63 bits per heavy atom. The quantitative estimate of drug-likeness (QED) is 0.416. The second-order valence-electron chi connectivity index (χ2n) is 10.1. The van der Waals surface area contributed by atoms with Crippen molar-refractivity contribution in [2.45, 2.75) is 50.5 Å². The van der Waals surface area contributed by atoms with Crippen LogP contribution in [0.25, 0.3) is 11.1 Å². The topological polar surface area (TPSA) is 60.3 Å². The van der Waals surface area contributed by atoms with E-state index in [2.05, 4.69) is 29.3 Å². The zero-order valence-corrected chi connectivity index (χ0v) is 22.4. The summed E-state index contributed by atoms with van der Waals surface area (Å²) in [5.41, 5.74) is 5.23. The molecule has 5 heteroatoms. The fourth-order valence-electron chi connectivity index (χ4n) is 5.72. The number of fused-ring (bicyclic) bond motifs is 12. The number of aliphatic hydroxyl groups is 1. The number of hydrogen-bond acceptors (Lipinski definition) is 5. The highest BCUT2D eigenvalue weighted by Crippen LogP contribution is 2.50. The zero-order chi connectivity index (χ0) is 26.4. The number of methoxy groups -OCH3 is 2. The third kappa shape index (κ3) is 5.48. The van der Waals surface area contributed by atoms with Gasteiger partial charge in [0.05, 0.1) is 14.2 Å². The zero-order valence-electron chi connectivity index (χ0n) is 22.4. The standard InChI is InChI=1S/C33H37NO4/c1-36-28-9-7-8-24(22-28)30-16-10-25-23-29(37-2)15-17-31(25)32(30)33(35)18-5-3-4-6-19-34-20-21-38-27-13-11-26(33)12-14-27/h7-9,11-15,17,20,22-23,35H,3-6,10,16,18-19,21H2,1-2H3. The van der Waals surface area contributed by atoms with Crippen LogP contribution in [0.3, 0.4) is 0 Å². The first-order valence-electron chi connectivity index (χ1n) is 13.6. The van der Waals surface area contributed by atoms with Gasteiger partial charge in [-0.05, 0) is 102 Å². The third-order valence-electron chi connectivity index (χ3n) is 7.72. The van der Waals surface area contributed by atoms with E-state index in [4.69, 9.17) is 14.2 Å². The molecule has 3 aromatic rings. The lowest BCUT2D eigenvalue weighted by Crippen LogP contribution is -2.30. The molecule has 0 saturated heterocycles. The van der Waals surface area contributed by atoms with Crippen molar-refractivity contribution in [3.8, 4) is 17.2 Å². The molecule has 38 heavy (non-hydrogen) atoms. The van der Waals surface area contributed by atoms with Gasteiger partial charge in [0.15, 0.2) is 0 Å². The molecule has 1 aliphatic carbocycles. The molecule has 0 fully saturated rings. The highest BCUT2D eigenvalue weighted by molar-refractivity contribution is 5.97. The van der Waals surface area contributed by atoms with Crippen LogP contribution in [0.1, 0.15) is 60.8 Å². The lowest BCUT2D eigenvalue weighted by atomic mass is 9.70. The summed E-state index contributed by atoms with van der Waals surface area (Å²) in [7, 11) is 3.39. The Hall–Kier alpha value is -3.57. The van der Waals surface area contributed by atoms with Crippen molar-refractivity contribution in [3.63, 3.8) is 0 Å². The van der Waals surface area contributed by atoms with E-state index in [1.165, 1.54) is 5.56 Å². The SMILES string of the molecule is COc1cccc(C2=C(C3(O)CCCCCCN=CCOc4ccc3cc4)c3ccc(OC)cc3CC2)c1. The van der Waals surface area contributed by atoms with Gasteiger partial charge in [0.1, 0.15) is 29.5 Å². The second-order valence-corrected chi connectivity index (χ2v) is 10.1. The highest BCUT2D eigenvalue weighted by atomic mass is 16.5. The molecular formula is C33H37NO4. The number of ether oxygens (including phenoxy) is 3. The van der Waals surface area contributed by atoms with E-state index < -0.39 is 5.60 Å². The van der Waals surface area contributed by atoms with Gasteiger partial charge in [-0.3, -0.25) is 4.99 Å². The Kier molecular flexibility index (Phi) is 8.14. The van der Waals surface area contributed by atoms with Crippen LogP contribution < -0.4 is 14.2 Å². The highest BCUT2D eigenvalue weighted by Gasteiger charge is 2.39. The maximum atomic E-state index is 12.8. The average molecular weight is 512 g/mol. The van der Waals surface area contributed by atoms with Crippen LogP contribution in [-0.4, -0.2) is 38.7 Å². The predicted octanol–water partition coefficient (Wildman–Crippen LogP) is 6.86. The second kappa shape index (κ2) is 11.9. The van der Waals surface area contributed by atoms with Gasteiger partial charge in [-0.1, -0.05) is 43.2 Å². The molecule has 5 nitrogen and oxygen atoms in total. The Balaban J connectivity index is 1.69. The van der Waals surface area contributed by atoms with Crippen molar-refractivity contribution in [1.82, 2.24) is 0 Å². The monoisotopic (exact) mass is 511 g/mol. The number of hydrogen-bond donors (Lipinski definition) is 1. The Labute approximate surface area is 225 Å². The van der Waals surface area contributed by atoms with Crippen molar-refractivity contribution in [2.75, 3.05) is 27.4 Å². The molecule has 2 aliphatic heterocycles. The van der Waals surface area contributed by atoms with Crippen molar-refractivity contribution < 1.29 is 19.3 Å². The number of aliphatic imine (C=N–C) groups is 1. The Morgan fingerprint density at radius 3 is 2.45 bits per heavy atom. The van der Waals surface area contributed by atoms with E-state index in [0.717, 1.165) is 90.2 Å². The summed E-state index contributed by atoms with van der Waals surface area (Å²) in [6.45, 7) is 1.26. The van der Waals surface area contributed by atoms with Crippen LogP contribution in [0, 0.1) is 0 Å². The first-order valence-corrected chi connectivity index (χ1v) is 13.6. The van der Waals surface area contributed by atoms with Gasteiger partial charge in [-0.2, -0.15) is 0 Å². The van der Waals surface area contributed by atoms with Crippen LogP contribution in [0.5, 0.6) is 17.2 Å². The van der Waals surface area contributed by atoms with Crippen LogP contribution in [0.2, 0.25) is 0 Å². The van der Waals surface area contributed by atoms with Crippen LogP contribution in [-0.2, 0) is 12.0 Å². The lowest BCUT2D eigenvalue weighted by molar-refractivity contribution is 0.0872. The smallest absolute Gasteiger partial charge is 0.123 e. The summed E-state index contributed by atoms with van der Waals surface area (Å²) in [6.07, 6.45) is 8.27. The van der Waals surface area contributed by atoms with Gasteiger partial charge in [-0.25, -0.2) is 0 Å². The molecular weight excluding hydrogens is 474 g/mol. The molecule has 0 amide bonds. The van der Waals surface area contributed by atoms with E-state index in [0.29, 0.717) is 13.0 Å². The Bertz CT molecular complexity index is 1310. The molecule has 1 atom stereocenters. The summed E-state index contributed by atoms with van der Waals surface area (Å²) in [5, 5.41) is 12.8. The van der Waals surface area contributed by atoms with Gasteiger partial charge in [0.2, 0.25) is 0 Å². The summed E-state index contributed by atoms with van der Waals surface area (Å²) in [6, 6.07) is 22.4. The van der Waals surface area contributed by atoms with Crippen molar-refractivity contribution in [2.24, 2.45) is 4.99 Å². The first-order chi connectivity index (χ1) is 18.6. The van der Waals surface area contributed by atoms with Gasteiger partial charge in [-0.15, -0.1) is 0 Å². The van der Waals surface area contributed by atoms with Crippen LogP contribution in [0.15, 0.2) is 71.7 Å². The van der Waals surface area contributed by atoms with Crippen LogP contribution >= 0.6 is 0 Å². The fraction of sp³-hybridized carbons (Fsp3) is 0.364. The number of benzene rings is 3. The van der Waals surface area contributed by atoms with Gasteiger partial charge >= 0.3 is 0 Å². The third-order valence-corrected chi connectivity index (χ3v) is 7.72. The molecule has 1 unspecified atom stereocenters. The molecule has 0 spiro atoms. The number of rotatable bonds is 4. The molecule has 6 rings (SSSR count). The number of aryl methyl sites for hydroxylation is 1. The lowest BCUT2D eigenvalue weighted by Gasteiger charge is -2.38. The van der Waals surface area contributed by atoms with Crippen molar-refractivity contribution in [1.29, 1.82) is 0 Å². The molecule has 3 aliphatic rings. The predicted molar refractivity (Wildman–Crippen MR) is 153 cm³/mol. The van der Waals surface area contributed by atoms with Crippen LogP contribution in [0.4, 0.5) is 0 Å². The maximum absolute atomic E-state index is 12.8. The van der Waals surface area contributed by atoms with Gasteiger partial charge in [0.25, 0.3) is 0 Å². The minimum atomic E-state index is -1.17. The molecule has 198 valence electrons. The molecule has 3 aromatic carbocycles. The summed E-state index contributed by atoms with van der Waals surface area (Å²) < 4.78 is 17.0. The van der Waals surface area contributed by atoms with E-state index in [1.807, 2.05) is 48.7 Å². The molecule has 0 aromatic heterocycles. The Morgan fingerprint density at radius 1 is 0.842 bits per heavy atom. The van der Waals surface area contributed by atoms with E-state index in [-0.39, 0.29) is 0 Å². The summed E-state index contributed by atoms with van der Waals surface area (Å²) in [4.78, 5) is 4.47. The van der Waals surface area contributed by atoms with E-state index in [1.54, 1.807) is 14.2 Å². The molecule has 2 heterocycles. The van der Waals surface area contributed by atoms with E-state index in [9.17, 15) is 5.11 Å². The minimum absolute atomic E-state index is 0.448. The molecule has 1 N–H and O–H groups in total. The maximum Gasteiger partial charge on any atom is 0.123 e. The van der Waals surface area contributed by atoms with Crippen molar-refractivity contribution >= 4 is 17.4 Å². The fourth-order valence-corrected chi connectivity index (χ4v) is 5.72. The van der Waals surface area contributed by atoms with Crippen molar-refractivity contribution in [3.05, 3.63) is 89.0 Å². The average Bonchev–Trinajstić information content (AvgIpc) is 2.98. The summed E-state index contributed by atoms with van der Waals surface area (Å²) in [5.74, 6) is 2.42. The molecule has 0 saturated carbocycles. The van der Waals surface area contributed by atoms with Gasteiger partial charge < -0.3 is 19.3 Å². The minimum Gasteiger partial charge on any atom is -0.497 e. The normalized spacial score (nSPS) is 20.2. The van der Waals surface area contributed by atoms with Gasteiger partial charge in [0, 0.05) is 12.8 Å². The first kappa shape index (κ1) is 26.1. The molecule has 0 radical (unpaired) electrons. The number of nitrogens with zero attached hydrogens (tertiary/aromatic N) is 1. The van der Waals surface area contributed by atoms with E-state index >= 15 is 0 Å². The summed E-state index contributed by atoms with van der Waals surface area (Å²) >= 11 is 0.